The van der Waals surface area contributed by atoms with Crippen molar-refractivity contribution in [1.29, 1.82) is 0 Å². The zero-order valence-corrected chi connectivity index (χ0v) is 11.8. The maximum absolute atomic E-state index is 12.3. The molecule has 0 saturated carbocycles. The molecule has 1 fully saturated rings. The molecule has 100 valence electrons. The second-order valence-corrected chi connectivity index (χ2v) is 5.68. The van der Waals surface area contributed by atoms with E-state index in [1.807, 2.05) is 23.9 Å². The van der Waals surface area contributed by atoms with E-state index in [1.54, 1.807) is 0 Å². The number of thiazole rings is 1. The first-order valence-electron chi connectivity index (χ1n) is 5.90. The number of nitrogens with zero attached hydrogens (tertiary/aromatic N) is 4. The van der Waals surface area contributed by atoms with Gasteiger partial charge in [0.2, 0.25) is 0 Å². The molecular formula is C11H19N5OS. The van der Waals surface area contributed by atoms with Crippen molar-refractivity contribution in [3.63, 3.8) is 0 Å². The number of hydrogen-bond acceptors (Lipinski definition) is 6. The summed E-state index contributed by atoms with van der Waals surface area (Å²) in [7, 11) is 5.85. The first-order valence-corrected chi connectivity index (χ1v) is 6.72. The number of nitrogen functional groups attached to an aromatic ring is 1. The summed E-state index contributed by atoms with van der Waals surface area (Å²) in [6.45, 7) is 3.32. The number of piperazine rings is 1. The van der Waals surface area contributed by atoms with Crippen LogP contribution in [0.15, 0.2) is 0 Å². The van der Waals surface area contributed by atoms with Crippen molar-refractivity contribution in [3.05, 3.63) is 4.88 Å². The highest BCUT2D eigenvalue weighted by atomic mass is 32.1. The summed E-state index contributed by atoms with van der Waals surface area (Å²) >= 11 is 1.36. The molecule has 0 aliphatic carbocycles. The van der Waals surface area contributed by atoms with E-state index in [1.165, 1.54) is 11.3 Å². The molecule has 1 saturated heterocycles. The van der Waals surface area contributed by atoms with Crippen LogP contribution in [0.2, 0.25) is 0 Å². The van der Waals surface area contributed by atoms with Crippen molar-refractivity contribution in [2.45, 2.75) is 0 Å². The lowest BCUT2D eigenvalue weighted by molar-refractivity contribution is 0.0670. The Bertz CT molecular complexity index is 437. The van der Waals surface area contributed by atoms with Crippen LogP contribution >= 0.6 is 11.3 Å². The summed E-state index contributed by atoms with van der Waals surface area (Å²) in [6, 6.07) is 0. The molecule has 18 heavy (non-hydrogen) atoms. The van der Waals surface area contributed by atoms with E-state index in [-0.39, 0.29) is 5.91 Å². The summed E-state index contributed by atoms with van der Waals surface area (Å²) in [5, 5.41) is 0.768. The predicted octanol–water partition coefficient (Wildman–Crippen LogP) is 0.179. The Morgan fingerprint density at radius 1 is 1.33 bits per heavy atom. The summed E-state index contributed by atoms with van der Waals surface area (Å²) in [5.41, 5.74) is 5.83. The van der Waals surface area contributed by atoms with Crippen LogP contribution in [0, 0.1) is 0 Å². The van der Waals surface area contributed by atoms with Crippen LogP contribution < -0.4 is 10.6 Å². The second-order valence-electron chi connectivity index (χ2n) is 4.70. The molecule has 1 aromatic heterocycles. The van der Waals surface area contributed by atoms with Crippen molar-refractivity contribution in [2.24, 2.45) is 0 Å². The van der Waals surface area contributed by atoms with Crippen LogP contribution in [0.3, 0.4) is 0 Å². The quantitative estimate of drug-likeness (QED) is 0.829. The normalized spacial score (nSPS) is 16.9. The van der Waals surface area contributed by atoms with Gasteiger partial charge in [-0.15, -0.1) is 0 Å². The lowest BCUT2D eigenvalue weighted by Crippen LogP contribution is -2.47. The maximum Gasteiger partial charge on any atom is 0.267 e. The highest BCUT2D eigenvalue weighted by Crippen LogP contribution is 2.28. The van der Waals surface area contributed by atoms with Gasteiger partial charge in [0.05, 0.1) is 0 Å². The van der Waals surface area contributed by atoms with Crippen LogP contribution in [0.4, 0.5) is 10.9 Å². The molecule has 1 aromatic rings. The lowest BCUT2D eigenvalue weighted by Gasteiger charge is -2.32. The highest BCUT2D eigenvalue weighted by Gasteiger charge is 2.25. The monoisotopic (exact) mass is 269 g/mol. The van der Waals surface area contributed by atoms with Gasteiger partial charge in [-0.1, -0.05) is 11.3 Å². The fourth-order valence-electron chi connectivity index (χ4n) is 1.82. The molecule has 1 aliphatic heterocycles. The Kier molecular flexibility index (Phi) is 3.72. The molecule has 0 bridgehead atoms. The number of rotatable bonds is 2. The number of anilines is 2. The lowest BCUT2D eigenvalue weighted by atomic mass is 10.3. The third-order valence-electron chi connectivity index (χ3n) is 3.01. The molecule has 0 atom stereocenters. The standard InChI is InChI=1S/C11H19N5OS/c1-14(2)11-13-9(12)8(18-11)10(17)16-6-4-15(3)5-7-16/h4-7,12H2,1-3H3. The molecule has 7 heteroatoms. The second kappa shape index (κ2) is 5.11. The van der Waals surface area contributed by atoms with Crippen molar-refractivity contribution >= 4 is 28.2 Å². The van der Waals surface area contributed by atoms with Gasteiger partial charge in [0.15, 0.2) is 5.13 Å². The Hall–Kier alpha value is -1.34. The van der Waals surface area contributed by atoms with Crippen LogP contribution in [-0.2, 0) is 0 Å². The number of carbonyl (C=O) groups is 1. The van der Waals surface area contributed by atoms with Crippen LogP contribution in [-0.4, -0.2) is 68.0 Å². The van der Waals surface area contributed by atoms with E-state index in [0.29, 0.717) is 10.7 Å². The van der Waals surface area contributed by atoms with Gasteiger partial charge in [-0.05, 0) is 7.05 Å². The van der Waals surface area contributed by atoms with E-state index in [0.717, 1.165) is 31.3 Å². The fraction of sp³-hybridized carbons (Fsp3) is 0.636. The third-order valence-corrected chi connectivity index (χ3v) is 4.24. The molecule has 2 N–H and O–H groups in total. The minimum Gasteiger partial charge on any atom is -0.382 e. The molecule has 1 amide bonds. The third kappa shape index (κ3) is 2.56. The first-order chi connectivity index (χ1) is 8.49. The fourth-order valence-corrected chi connectivity index (χ4v) is 2.69. The number of amides is 1. The molecule has 0 unspecified atom stereocenters. The first kappa shape index (κ1) is 13.1. The Morgan fingerprint density at radius 2 is 1.94 bits per heavy atom. The van der Waals surface area contributed by atoms with Gasteiger partial charge in [-0.3, -0.25) is 4.79 Å². The summed E-state index contributed by atoms with van der Waals surface area (Å²) < 4.78 is 0. The molecule has 0 spiro atoms. The SMILES string of the molecule is CN1CCN(C(=O)c2sc(N(C)C)nc2N)CC1. The molecule has 1 aliphatic rings. The molecule has 2 heterocycles. The van der Waals surface area contributed by atoms with Gasteiger partial charge in [0.1, 0.15) is 10.7 Å². The summed E-state index contributed by atoms with van der Waals surface area (Å²) in [4.78, 5) is 23.0. The van der Waals surface area contributed by atoms with Crippen LogP contribution in [0.5, 0.6) is 0 Å². The van der Waals surface area contributed by atoms with Crippen LogP contribution in [0.1, 0.15) is 9.67 Å². The van der Waals surface area contributed by atoms with E-state index in [9.17, 15) is 4.79 Å². The average Bonchev–Trinajstić information content (AvgIpc) is 2.71. The Labute approximate surface area is 111 Å². The highest BCUT2D eigenvalue weighted by molar-refractivity contribution is 7.18. The van der Waals surface area contributed by atoms with Crippen molar-refractivity contribution in [3.8, 4) is 0 Å². The zero-order chi connectivity index (χ0) is 13.3. The van der Waals surface area contributed by atoms with Crippen molar-refractivity contribution in [1.82, 2.24) is 14.8 Å². The van der Waals surface area contributed by atoms with Gasteiger partial charge in [0, 0.05) is 40.3 Å². The van der Waals surface area contributed by atoms with Crippen molar-refractivity contribution in [2.75, 3.05) is 58.0 Å². The zero-order valence-electron chi connectivity index (χ0n) is 11.0. The Morgan fingerprint density at radius 3 is 2.44 bits per heavy atom. The summed E-state index contributed by atoms with van der Waals surface area (Å²) in [6.07, 6.45) is 0. The number of likely N-dealkylation sites (N-methyl/N-ethyl adjacent to an activating group) is 1. The minimum atomic E-state index is 0.00574. The number of hydrogen-bond donors (Lipinski definition) is 1. The van der Waals surface area contributed by atoms with Crippen molar-refractivity contribution < 1.29 is 4.79 Å². The molecular weight excluding hydrogens is 250 g/mol. The van der Waals surface area contributed by atoms with Gasteiger partial charge in [-0.2, -0.15) is 0 Å². The largest absolute Gasteiger partial charge is 0.382 e. The van der Waals surface area contributed by atoms with Gasteiger partial charge in [0.25, 0.3) is 5.91 Å². The number of aromatic nitrogens is 1. The molecule has 6 nitrogen and oxygen atoms in total. The maximum atomic E-state index is 12.3. The predicted molar refractivity (Wildman–Crippen MR) is 74.3 cm³/mol. The average molecular weight is 269 g/mol. The van der Waals surface area contributed by atoms with E-state index < -0.39 is 0 Å². The van der Waals surface area contributed by atoms with E-state index in [4.69, 9.17) is 5.73 Å². The molecule has 0 radical (unpaired) electrons. The van der Waals surface area contributed by atoms with Gasteiger partial charge >= 0.3 is 0 Å². The Balaban J connectivity index is 2.13. The number of carbonyl (C=O) groups excluding carboxylic acids is 1. The van der Waals surface area contributed by atoms with E-state index in [2.05, 4.69) is 16.9 Å². The molecule has 0 aromatic carbocycles. The van der Waals surface area contributed by atoms with Gasteiger partial charge < -0.3 is 20.4 Å². The van der Waals surface area contributed by atoms with E-state index >= 15 is 0 Å². The minimum absolute atomic E-state index is 0.00574. The summed E-state index contributed by atoms with van der Waals surface area (Å²) in [5.74, 6) is 0.346. The molecule has 2 rings (SSSR count). The number of nitrogens with two attached hydrogens (primary N) is 1. The van der Waals surface area contributed by atoms with Crippen LogP contribution in [0.25, 0.3) is 0 Å². The topological polar surface area (TPSA) is 65.7 Å². The smallest absolute Gasteiger partial charge is 0.267 e. The van der Waals surface area contributed by atoms with Gasteiger partial charge in [-0.25, -0.2) is 4.98 Å².